The predicted molar refractivity (Wildman–Crippen MR) is 145 cm³/mol. The summed E-state index contributed by atoms with van der Waals surface area (Å²) in [7, 11) is 3.07. The van der Waals surface area contributed by atoms with Crippen LogP contribution in [-0.2, 0) is 9.53 Å². The Labute approximate surface area is 224 Å². The highest BCUT2D eigenvalue weighted by atomic mass is 35.5. The fraction of sp³-hybridized carbons (Fsp3) is 0.346. The first kappa shape index (κ1) is 25.4. The molecule has 2 fully saturated rings. The van der Waals surface area contributed by atoms with E-state index in [2.05, 4.69) is 27.5 Å². The molecule has 0 radical (unpaired) electrons. The Morgan fingerprint density at radius 1 is 1.08 bits per heavy atom. The number of fused-ring (bicyclic) bond motifs is 1. The van der Waals surface area contributed by atoms with Gasteiger partial charge in [0.25, 0.3) is 0 Å². The minimum Gasteiger partial charge on any atom is -0.495 e. The van der Waals surface area contributed by atoms with Gasteiger partial charge >= 0.3 is 0 Å². The molecule has 3 heterocycles. The van der Waals surface area contributed by atoms with Gasteiger partial charge in [-0.15, -0.1) is 0 Å². The Hall–Kier alpha value is -3.27. The molecule has 1 aliphatic heterocycles. The number of pyridine rings is 2. The number of nitrogens with zero attached hydrogens (tertiary/aromatic N) is 2. The van der Waals surface area contributed by atoms with Crippen LogP contribution in [0, 0.1) is 0 Å². The van der Waals surface area contributed by atoms with Gasteiger partial charge in [-0.05, 0) is 31.1 Å². The molecule has 2 aliphatic rings. The number of benzene rings is 1. The molecule has 1 saturated carbocycles. The Kier molecular flexibility index (Phi) is 7.28. The van der Waals surface area contributed by atoms with Crippen molar-refractivity contribution in [3.8, 4) is 22.8 Å². The third-order valence-corrected chi connectivity index (χ3v) is 7.14. The van der Waals surface area contributed by atoms with Crippen LogP contribution in [0.3, 0.4) is 0 Å². The Morgan fingerprint density at radius 2 is 1.78 bits per heavy atom. The quantitative estimate of drug-likeness (QED) is 0.334. The lowest BCUT2D eigenvalue weighted by Crippen LogP contribution is -2.45. The fourth-order valence-electron chi connectivity index (χ4n) is 4.27. The van der Waals surface area contributed by atoms with Gasteiger partial charge in [-0.3, -0.25) is 4.79 Å². The van der Waals surface area contributed by atoms with Crippen LogP contribution < -0.4 is 25.4 Å². The number of anilines is 2. The Morgan fingerprint density at radius 3 is 2.43 bits per heavy atom. The topological polar surface area (TPSA) is 107 Å². The van der Waals surface area contributed by atoms with Crippen LogP contribution in [0.5, 0.6) is 11.5 Å². The molecule has 1 aromatic carbocycles. The molecule has 1 amide bonds. The molecule has 2 atom stereocenters. The lowest BCUT2D eigenvalue weighted by molar-refractivity contribution is -0.117. The molecule has 0 bridgehead atoms. The van der Waals surface area contributed by atoms with E-state index in [0.717, 1.165) is 23.6 Å². The summed E-state index contributed by atoms with van der Waals surface area (Å²) in [6.45, 7) is 4.37. The predicted octanol–water partition coefficient (Wildman–Crippen LogP) is 4.68. The van der Waals surface area contributed by atoms with Crippen molar-refractivity contribution in [3.05, 3.63) is 47.1 Å². The number of hydrogen-bond acceptors (Lipinski definition) is 8. The molecule has 194 valence electrons. The highest BCUT2D eigenvalue weighted by molar-refractivity contribution is 6.41. The van der Waals surface area contributed by atoms with Crippen molar-refractivity contribution < 1.29 is 19.0 Å². The van der Waals surface area contributed by atoms with Gasteiger partial charge in [0.15, 0.2) is 0 Å². The van der Waals surface area contributed by atoms with Gasteiger partial charge in [0.1, 0.15) is 23.1 Å². The molecule has 9 nitrogen and oxygen atoms in total. The zero-order valence-electron chi connectivity index (χ0n) is 20.4. The van der Waals surface area contributed by atoms with E-state index < -0.39 is 0 Å². The number of hydrogen-bond donors (Lipinski definition) is 3. The highest BCUT2D eigenvalue weighted by Gasteiger charge is 2.30. The molecular formula is C26H27Cl2N5O4. The summed E-state index contributed by atoms with van der Waals surface area (Å²) in [5.41, 5.74) is 1.09. The van der Waals surface area contributed by atoms with Gasteiger partial charge < -0.3 is 30.2 Å². The van der Waals surface area contributed by atoms with Gasteiger partial charge in [0, 0.05) is 34.6 Å². The number of rotatable bonds is 9. The van der Waals surface area contributed by atoms with Gasteiger partial charge in [0.05, 0.1) is 55.3 Å². The van der Waals surface area contributed by atoms with Crippen molar-refractivity contribution in [3.63, 3.8) is 0 Å². The van der Waals surface area contributed by atoms with E-state index >= 15 is 0 Å². The SMILES string of the molecule is C=CC(=O)N[C@H]1COC[C@H]1Nc1cc2c(NC3CC3)nc(-c3c(Cl)c(OC)cc(OC)c3Cl)cc2cn1. The second kappa shape index (κ2) is 10.6. The number of aromatic nitrogens is 2. The molecule has 1 aliphatic carbocycles. The number of nitrogens with one attached hydrogen (secondary N) is 3. The molecule has 0 unspecified atom stereocenters. The van der Waals surface area contributed by atoms with Gasteiger partial charge in [0.2, 0.25) is 5.91 Å². The van der Waals surface area contributed by atoms with E-state index in [4.69, 9.17) is 42.4 Å². The third kappa shape index (κ3) is 5.25. The summed E-state index contributed by atoms with van der Waals surface area (Å²) in [5.74, 6) is 1.98. The van der Waals surface area contributed by atoms with Gasteiger partial charge in [-0.1, -0.05) is 29.8 Å². The highest BCUT2D eigenvalue weighted by Crippen LogP contribution is 2.46. The Bertz CT molecular complexity index is 1340. The normalized spacial score (nSPS) is 18.9. The second-order valence-corrected chi connectivity index (χ2v) is 9.71. The molecule has 3 aromatic rings. The van der Waals surface area contributed by atoms with Crippen LogP contribution in [0.2, 0.25) is 10.0 Å². The Balaban J connectivity index is 1.54. The third-order valence-electron chi connectivity index (χ3n) is 6.39. The smallest absolute Gasteiger partial charge is 0.243 e. The summed E-state index contributed by atoms with van der Waals surface area (Å²) < 4.78 is 16.5. The van der Waals surface area contributed by atoms with Crippen molar-refractivity contribution in [1.29, 1.82) is 0 Å². The molecule has 3 N–H and O–H groups in total. The summed E-state index contributed by atoms with van der Waals surface area (Å²) in [4.78, 5) is 21.3. The van der Waals surface area contributed by atoms with Gasteiger partial charge in [-0.2, -0.15) is 0 Å². The maximum absolute atomic E-state index is 11.8. The average Bonchev–Trinajstić information content (AvgIpc) is 3.62. The average molecular weight is 544 g/mol. The molecule has 1 saturated heterocycles. The first-order valence-corrected chi connectivity index (χ1v) is 12.6. The maximum atomic E-state index is 11.8. The van der Waals surface area contributed by atoms with Crippen molar-refractivity contribution in [1.82, 2.24) is 15.3 Å². The fourth-order valence-corrected chi connectivity index (χ4v) is 4.96. The van der Waals surface area contributed by atoms with E-state index in [9.17, 15) is 4.79 Å². The van der Waals surface area contributed by atoms with Crippen LogP contribution in [0.25, 0.3) is 22.0 Å². The number of amides is 1. The van der Waals surface area contributed by atoms with E-state index in [0.29, 0.717) is 63.7 Å². The number of ether oxygens (including phenoxy) is 3. The van der Waals surface area contributed by atoms with Crippen molar-refractivity contribution in [2.75, 3.05) is 38.1 Å². The monoisotopic (exact) mass is 543 g/mol. The minimum absolute atomic E-state index is 0.136. The lowest BCUT2D eigenvalue weighted by Gasteiger charge is -2.21. The van der Waals surface area contributed by atoms with E-state index in [1.54, 1.807) is 12.3 Å². The first-order chi connectivity index (χ1) is 17.9. The zero-order valence-corrected chi connectivity index (χ0v) is 21.9. The number of halogens is 2. The maximum Gasteiger partial charge on any atom is 0.243 e. The molecule has 37 heavy (non-hydrogen) atoms. The molecule has 2 aromatic heterocycles. The molecular weight excluding hydrogens is 517 g/mol. The number of carbonyl (C=O) groups is 1. The molecule has 5 rings (SSSR count). The number of carbonyl (C=O) groups excluding carboxylic acids is 1. The van der Waals surface area contributed by atoms with E-state index in [1.165, 1.54) is 20.3 Å². The van der Waals surface area contributed by atoms with Crippen LogP contribution in [0.4, 0.5) is 11.6 Å². The largest absolute Gasteiger partial charge is 0.495 e. The molecule has 0 spiro atoms. The second-order valence-electron chi connectivity index (χ2n) is 8.96. The van der Waals surface area contributed by atoms with E-state index in [-0.39, 0.29) is 18.0 Å². The summed E-state index contributed by atoms with van der Waals surface area (Å²) in [5, 5.41) is 12.2. The zero-order chi connectivity index (χ0) is 26.1. The summed E-state index contributed by atoms with van der Waals surface area (Å²) in [6, 6.07) is 5.50. The van der Waals surface area contributed by atoms with Crippen molar-refractivity contribution in [2.45, 2.75) is 31.0 Å². The summed E-state index contributed by atoms with van der Waals surface area (Å²) >= 11 is 13.4. The molecule has 11 heteroatoms. The standard InChI is InChI=1S/C26H27Cl2N5O4/c1-4-22(34)32-18-12-37-11-17(18)31-21-8-15-13(10-29-21)7-16(33-26(15)30-14-5-6-14)23-24(27)19(35-2)9-20(36-3)25(23)28/h4,7-10,14,17-18H,1,5-6,11-12H2,2-3H3,(H,29,31)(H,30,33)(H,32,34)/t17-,18+/m1/s1. The van der Waals surface area contributed by atoms with Crippen LogP contribution in [-0.4, -0.2) is 61.4 Å². The van der Waals surface area contributed by atoms with Crippen LogP contribution in [0.1, 0.15) is 12.8 Å². The van der Waals surface area contributed by atoms with Crippen LogP contribution >= 0.6 is 23.2 Å². The van der Waals surface area contributed by atoms with Crippen LogP contribution in [0.15, 0.2) is 37.1 Å². The van der Waals surface area contributed by atoms with Crippen molar-refractivity contribution >= 4 is 51.5 Å². The van der Waals surface area contributed by atoms with Crippen molar-refractivity contribution in [2.24, 2.45) is 0 Å². The summed E-state index contributed by atoms with van der Waals surface area (Å²) in [6.07, 6.45) is 5.16. The lowest BCUT2D eigenvalue weighted by atomic mass is 10.1. The van der Waals surface area contributed by atoms with Gasteiger partial charge in [-0.25, -0.2) is 9.97 Å². The van der Waals surface area contributed by atoms with E-state index in [1.807, 2.05) is 12.1 Å². The first-order valence-electron chi connectivity index (χ1n) is 11.9. The number of methoxy groups -OCH3 is 2. The minimum atomic E-state index is -0.243.